The van der Waals surface area contributed by atoms with Gasteiger partial charge in [-0.1, -0.05) is 0 Å². The Balaban J connectivity index is 2.24. The molecule has 0 atom stereocenters. The van der Waals surface area contributed by atoms with Crippen molar-refractivity contribution in [2.75, 3.05) is 19.5 Å². The van der Waals surface area contributed by atoms with Gasteiger partial charge < -0.3 is 15.2 Å². The second kappa shape index (κ2) is 3.94. The molecule has 0 fully saturated rings. The number of aromatic nitrogens is 2. The van der Waals surface area contributed by atoms with Gasteiger partial charge in [0.05, 0.1) is 25.6 Å². The van der Waals surface area contributed by atoms with Gasteiger partial charge in [0, 0.05) is 36.4 Å². The SMILES string of the molecule is COc1cc2c(cc1N)-c1cnn(C)c1CCO2. The van der Waals surface area contributed by atoms with Gasteiger partial charge in [0.25, 0.3) is 0 Å². The van der Waals surface area contributed by atoms with Crippen LogP contribution < -0.4 is 15.2 Å². The summed E-state index contributed by atoms with van der Waals surface area (Å²) in [5.74, 6) is 1.44. The van der Waals surface area contributed by atoms with E-state index in [1.54, 1.807) is 7.11 Å². The number of anilines is 1. The third-order valence-electron chi connectivity index (χ3n) is 3.28. The zero-order valence-corrected chi connectivity index (χ0v) is 10.4. The lowest BCUT2D eigenvalue weighted by Crippen LogP contribution is -2.04. The fraction of sp³-hybridized carbons (Fsp3) is 0.308. The lowest BCUT2D eigenvalue weighted by atomic mass is 10.0. The molecule has 1 aliphatic rings. The molecule has 1 aromatic carbocycles. The normalized spacial score (nSPS) is 13.2. The van der Waals surface area contributed by atoms with Crippen LogP contribution in [0.4, 0.5) is 5.69 Å². The maximum atomic E-state index is 5.96. The molecule has 0 radical (unpaired) electrons. The van der Waals surface area contributed by atoms with Gasteiger partial charge in [-0.05, 0) is 6.07 Å². The van der Waals surface area contributed by atoms with Crippen molar-refractivity contribution in [1.82, 2.24) is 9.78 Å². The standard InChI is InChI=1S/C13H15N3O2/c1-16-11-3-4-18-12-6-13(17-2)10(14)5-8(12)9(11)7-15-16/h5-7H,3-4,14H2,1-2H3. The number of nitrogen functional groups attached to an aromatic ring is 1. The Morgan fingerprint density at radius 1 is 1.39 bits per heavy atom. The first-order chi connectivity index (χ1) is 8.70. The molecule has 0 saturated carbocycles. The molecule has 0 amide bonds. The number of nitrogens with zero attached hydrogens (tertiary/aromatic N) is 2. The van der Waals surface area contributed by atoms with Gasteiger partial charge in [-0.2, -0.15) is 5.10 Å². The Kier molecular flexibility index (Phi) is 2.40. The molecule has 2 aromatic rings. The number of rotatable bonds is 1. The molecule has 0 saturated heterocycles. The summed E-state index contributed by atoms with van der Waals surface area (Å²) in [5.41, 5.74) is 9.80. The fourth-order valence-electron chi connectivity index (χ4n) is 2.33. The maximum Gasteiger partial charge on any atom is 0.145 e. The summed E-state index contributed by atoms with van der Waals surface area (Å²) >= 11 is 0. The molecule has 0 spiro atoms. The van der Waals surface area contributed by atoms with E-state index in [0.717, 1.165) is 23.3 Å². The van der Waals surface area contributed by atoms with E-state index in [-0.39, 0.29) is 0 Å². The number of ether oxygens (including phenoxy) is 2. The van der Waals surface area contributed by atoms with Crippen molar-refractivity contribution in [3.05, 3.63) is 24.0 Å². The summed E-state index contributed by atoms with van der Waals surface area (Å²) in [7, 11) is 3.54. The fourth-order valence-corrected chi connectivity index (χ4v) is 2.33. The molecule has 2 N–H and O–H groups in total. The Morgan fingerprint density at radius 3 is 3.00 bits per heavy atom. The molecule has 3 rings (SSSR count). The van der Waals surface area contributed by atoms with Crippen LogP contribution in [0.25, 0.3) is 11.1 Å². The van der Waals surface area contributed by atoms with Crippen LogP contribution in [-0.2, 0) is 13.5 Å². The molecule has 2 heterocycles. The van der Waals surface area contributed by atoms with Gasteiger partial charge in [0.1, 0.15) is 11.5 Å². The van der Waals surface area contributed by atoms with Gasteiger partial charge in [-0.15, -0.1) is 0 Å². The molecule has 5 nitrogen and oxygen atoms in total. The first kappa shape index (κ1) is 11.0. The Labute approximate surface area is 105 Å². The summed E-state index contributed by atoms with van der Waals surface area (Å²) < 4.78 is 12.9. The highest BCUT2D eigenvalue weighted by atomic mass is 16.5. The number of fused-ring (bicyclic) bond motifs is 3. The molecule has 18 heavy (non-hydrogen) atoms. The van der Waals surface area contributed by atoms with Gasteiger partial charge >= 0.3 is 0 Å². The van der Waals surface area contributed by atoms with Crippen molar-refractivity contribution < 1.29 is 9.47 Å². The summed E-state index contributed by atoms with van der Waals surface area (Å²) in [6.07, 6.45) is 2.69. The largest absolute Gasteiger partial charge is 0.494 e. The summed E-state index contributed by atoms with van der Waals surface area (Å²) in [6.45, 7) is 0.632. The van der Waals surface area contributed by atoms with E-state index in [0.29, 0.717) is 18.0 Å². The minimum atomic E-state index is 0.608. The van der Waals surface area contributed by atoms with Crippen LogP contribution >= 0.6 is 0 Å². The lowest BCUT2D eigenvalue weighted by molar-refractivity contribution is 0.320. The topological polar surface area (TPSA) is 62.3 Å². The van der Waals surface area contributed by atoms with Crippen molar-refractivity contribution in [2.45, 2.75) is 6.42 Å². The van der Waals surface area contributed by atoms with Crippen molar-refractivity contribution in [3.8, 4) is 22.6 Å². The van der Waals surface area contributed by atoms with Crippen LogP contribution in [0.5, 0.6) is 11.5 Å². The zero-order valence-electron chi connectivity index (χ0n) is 10.4. The predicted molar refractivity (Wildman–Crippen MR) is 68.8 cm³/mol. The number of aryl methyl sites for hydroxylation is 1. The highest BCUT2D eigenvalue weighted by Gasteiger charge is 2.20. The van der Waals surface area contributed by atoms with Crippen molar-refractivity contribution >= 4 is 5.69 Å². The van der Waals surface area contributed by atoms with Crippen molar-refractivity contribution in [1.29, 1.82) is 0 Å². The summed E-state index contributed by atoms with van der Waals surface area (Å²) in [4.78, 5) is 0. The van der Waals surface area contributed by atoms with E-state index in [2.05, 4.69) is 5.10 Å². The second-order valence-electron chi connectivity index (χ2n) is 4.32. The first-order valence-corrected chi connectivity index (χ1v) is 5.82. The number of hydrogen-bond acceptors (Lipinski definition) is 4. The number of benzene rings is 1. The number of methoxy groups -OCH3 is 1. The van der Waals surface area contributed by atoms with Crippen LogP contribution in [-0.4, -0.2) is 23.5 Å². The molecule has 94 valence electrons. The second-order valence-corrected chi connectivity index (χ2v) is 4.32. The van der Waals surface area contributed by atoms with Crippen LogP contribution in [0.15, 0.2) is 18.3 Å². The quantitative estimate of drug-likeness (QED) is 0.775. The smallest absolute Gasteiger partial charge is 0.145 e. The molecule has 1 aromatic heterocycles. The number of nitrogens with two attached hydrogens (primary N) is 1. The van der Waals surface area contributed by atoms with E-state index in [1.807, 2.05) is 30.1 Å². The summed E-state index contributed by atoms with van der Waals surface area (Å²) in [5, 5.41) is 4.30. The van der Waals surface area contributed by atoms with Crippen molar-refractivity contribution in [3.63, 3.8) is 0 Å². The van der Waals surface area contributed by atoms with Gasteiger partial charge in [0.2, 0.25) is 0 Å². The van der Waals surface area contributed by atoms with E-state index in [9.17, 15) is 0 Å². The zero-order chi connectivity index (χ0) is 12.7. The lowest BCUT2D eigenvalue weighted by Gasteiger charge is -2.11. The Bertz CT molecular complexity index is 605. The van der Waals surface area contributed by atoms with E-state index >= 15 is 0 Å². The molecule has 0 aliphatic carbocycles. The third-order valence-corrected chi connectivity index (χ3v) is 3.28. The van der Waals surface area contributed by atoms with E-state index in [4.69, 9.17) is 15.2 Å². The van der Waals surface area contributed by atoms with Gasteiger partial charge in [-0.25, -0.2) is 0 Å². The van der Waals surface area contributed by atoms with Gasteiger partial charge in [-0.3, -0.25) is 4.68 Å². The van der Waals surface area contributed by atoms with Crippen LogP contribution in [0.2, 0.25) is 0 Å². The molecular weight excluding hydrogens is 230 g/mol. The third kappa shape index (κ3) is 1.51. The molecule has 0 bridgehead atoms. The predicted octanol–water partition coefficient (Wildman–Crippen LogP) is 1.61. The molecule has 0 unspecified atom stereocenters. The number of hydrogen-bond donors (Lipinski definition) is 1. The highest BCUT2D eigenvalue weighted by molar-refractivity contribution is 5.78. The minimum Gasteiger partial charge on any atom is -0.494 e. The molecular formula is C13H15N3O2. The molecule has 5 heteroatoms. The first-order valence-electron chi connectivity index (χ1n) is 5.82. The average molecular weight is 245 g/mol. The van der Waals surface area contributed by atoms with Crippen molar-refractivity contribution in [2.24, 2.45) is 7.05 Å². The Hall–Kier alpha value is -2.17. The summed E-state index contributed by atoms with van der Waals surface area (Å²) in [6, 6.07) is 3.73. The van der Waals surface area contributed by atoms with Crippen LogP contribution in [0.1, 0.15) is 5.69 Å². The van der Waals surface area contributed by atoms with E-state index < -0.39 is 0 Å². The minimum absolute atomic E-state index is 0.608. The van der Waals surface area contributed by atoms with Crippen LogP contribution in [0, 0.1) is 0 Å². The Morgan fingerprint density at radius 2 is 2.22 bits per heavy atom. The van der Waals surface area contributed by atoms with Gasteiger partial charge in [0.15, 0.2) is 0 Å². The van der Waals surface area contributed by atoms with E-state index in [1.165, 1.54) is 5.69 Å². The average Bonchev–Trinajstić information content (AvgIpc) is 2.63. The maximum absolute atomic E-state index is 5.96. The monoisotopic (exact) mass is 245 g/mol. The van der Waals surface area contributed by atoms with Crippen LogP contribution in [0.3, 0.4) is 0 Å². The highest BCUT2D eigenvalue weighted by Crippen LogP contribution is 2.40. The molecule has 1 aliphatic heterocycles.